The molecule has 0 aliphatic carbocycles. The zero-order valence-electron chi connectivity index (χ0n) is 13.8. The molecule has 0 radical (unpaired) electrons. The summed E-state index contributed by atoms with van der Waals surface area (Å²) in [6.45, 7) is 3.77. The van der Waals surface area contributed by atoms with Crippen LogP contribution in [0, 0.1) is 6.92 Å². The predicted molar refractivity (Wildman–Crippen MR) is 86.6 cm³/mol. The fourth-order valence-corrected chi connectivity index (χ4v) is 4.07. The average Bonchev–Trinajstić information content (AvgIpc) is 3.10. The molecule has 0 amide bonds. The van der Waals surface area contributed by atoms with Crippen LogP contribution in [0.1, 0.15) is 42.3 Å². The van der Waals surface area contributed by atoms with Gasteiger partial charge in [0.15, 0.2) is 9.84 Å². The number of hydrogen-bond acceptors (Lipinski definition) is 5. The molecular formula is C15H23N5O2S. The normalized spacial score (nSPS) is 20.0. The lowest BCUT2D eigenvalue weighted by Gasteiger charge is -2.35. The van der Waals surface area contributed by atoms with Crippen molar-refractivity contribution in [2.24, 2.45) is 7.05 Å². The summed E-state index contributed by atoms with van der Waals surface area (Å²) in [5.41, 5.74) is 3.04. The van der Waals surface area contributed by atoms with Gasteiger partial charge < -0.3 is 0 Å². The van der Waals surface area contributed by atoms with Gasteiger partial charge in [0.25, 0.3) is 0 Å². The molecule has 0 spiro atoms. The SMILES string of the molecule is Cc1c(CN2CCCCC2c2[nH]ncc2S(C)(=O)=O)cnn1C. The number of nitrogens with zero attached hydrogens (tertiary/aromatic N) is 4. The minimum atomic E-state index is -3.28. The van der Waals surface area contributed by atoms with Gasteiger partial charge in [-0.15, -0.1) is 0 Å². The second kappa shape index (κ2) is 6.09. The van der Waals surface area contributed by atoms with Crippen molar-refractivity contribution in [1.82, 2.24) is 24.9 Å². The Kier molecular flexibility index (Phi) is 4.29. The van der Waals surface area contributed by atoms with Gasteiger partial charge in [-0.05, 0) is 26.3 Å². The Morgan fingerprint density at radius 2 is 2.13 bits per heavy atom. The maximum Gasteiger partial charge on any atom is 0.178 e. The Morgan fingerprint density at radius 1 is 1.35 bits per heavy atom. The van der Waals surface area contributed by atoms with Crippen molar-refractivity contribution in [3.8, 4) is 0 Å². The number of hydrogen-bond donors (Lipinski definition) is 1. The van der Waals surface area contributed by atoms with E-state index in [1.807, 2.05) is 17.9 Å². The van der Waals surface area contributed by atoms with E-state index in [1.165, 1.54) is 18.0 Å². The molecule has 1 aliphatic rings. The van der Waals surface area contributed by atoms with Gasteiger partial charge in [-0.3, -0.25) is 14.7 Å². The van der Waals surface area contributed by atoms with Gasteiger partial charge >= 0.3 is 0 Å². The summed E-state index contributed by atoms with van der Waals surface area (Å²) in [7, 11) is -1.34. The first-order valence-electron chi connectivity index (χ1n) is 7.83. The number of piperidine rings is 1. The molecule has 0 bridgehead atoms. The summed E-state index contributed by atoms with van der Waals surface area (Å²) in [6, 6.07) is 0.0515. The highest BCUT2D eigenvalue weighted by molar-refractivity contribution is 7.90. The van der Waals surface area contributed by atoms with Crippen molar-refractivity contribution in [1.29, 1.82) is 0 Å². The number of rotatable bonds is 4. The minimum absolute atomic E-state index is 0.0515. The van der Waals surface area contributed by atoms with Crippen LogP contribution in [0.5, 0.6) is 0 Å². The summed E-state index contributed by atoms with van der Waals surface area (Å²) in [5.74, 6) is 0. The molecule has 8 heteroatoms. The molecule has 1 unspecified atom stereocenters. The highest BCUT2D eigenvalue weighted by atomic mass is 32.2. The number of aromatic amines is 1. The van der Waals surface area contributed by atoms with Crippen LogP contribution in [-0.2, 0) is 23.4 Å². The van der Waals surface area contributed by atoms with Crippen molar-refractivity contribution < 1.29 is 8.42 Å². The predicted octanol–water partition coefficient (Wildman–Crippen LogP) is 1.58. The third-order valence-electron chi connectivity index (χ3n) is 4.69. The zero-order chi connectivity index (χ0) is 16.6. The van der Waals surface area contributed by atoms with E-state index in [9.17, 15) is 8.42 Å². The molecule has 7 nitrogen and oxygen atoms in total. The standard InChI is InChI=1S/C15H23N5O2S/c1-11-12(8-17-19(11)2)10-20-7-5-4-6-13(20)15-14(9-16-18-15)23(3,21)22/h8-9,13H,4-7,10H2,1-3H3,(H,16,18). The van der Waals surface area contributed by atoms with Crippen LogP contribution in [0.2, 0.25) is 0 Å². The van der Waals surface area contributed by atoms with Crippen LogP contribution in [-0.4, -0.2) is 46.1 Å². The number of aromatic nitrogens is 4. The first-order valence-corrected chi connectivity index (χ1v) is 9.72. The van der Waals surface area contributed by atoms with Crippen LogP contribution in [0.25, 0.3) is 0 Å². The highest BCUT2D eigenvalue weighted by Gasteiger charge is 2.30. The van der Waals surface area contributed by atoms with E-state index in [0.29, 0.717) is 10.6 Å². The number of H-pyrrole nitrogens is 1. The first kappa shape index (κ1) is 16.2. The van der Waals surface area contributed by atoms with Crippen molar-refractivity contribution in [2.45, 2.75) is 43.7 Å². The molecule has 23 heavy (non-hydrogen) atoms. The molecule has 1 atom stereocenters. The van der Waals surface area contributed by atoms with Gasteiger partial charge in [0.2, 0.25) is 0 Å². The maximum absolute atomic E-state index is 12.0. The average molecular weight is 337 g/mol. The summed E-state index contributed by atoms with van der Waals surface area (Å²) in [4.78, 5) is 2.65. The van der Waals surface area contributed by atoms with E-state index in [-0.39, 0.29) is 6.04 Å². The Labute approximate surface area is 136 Å². The van der Waals surface area contributed by atoms with Gasteiger partial charge in [-0.25, -0.2) is 8.42 Å². The fourth-order valence-electron chi connectivity index (χ4n) is 3.24. The first-order chi connectivity index (χ1) is 10.9. The molecule has 3 heterocycles. The van der Waals surface area contributed by atoms with Crippen LogP contribution < -0.4 is 0 Å². The Hall–Kier alpha value is -1.67. The smallest absolute Gasteiger partial charge is 0.178 e. The lowest BCUT2D eigenvalue weighted by molar-refractivity contribution is 0.135. The third-order valence-corrected chi connectivity index (χ3v) is 5.81. The van der Waals surface area contributed by atoms with Gasteiger partial charge in [-0.1, -0.05) is 6.42 Å². The monoisotopic (exact) mass is 337 g/mol. The number of aryl methyl sites for hydroxylation is 1. The van der Waals surface area contributed by atoms with Gasteiger partial charge in [-0.2, -0.15) is 10.2 Å². The van der Waals surface area contributed by atoms with Crippen molar-refractivity contribution in [3.05, 3.63) is 29.3 Å². The molecule has 1 aliphatic heterocycles. The summed E-state index contributed by atoms with van der Waals surface area (Å²) in [5, 5.41) is 11.2. The van der Waals surface area contributed by atoms with Crippen molar-refractivity contribution in [2.75, 3.05) is 12.8 Å². The lowest BCUT2D eigenvalue weighted by Crippen LogP contribution is -2.34. The molecular weight excluding hydrogens is 314 g/mol. The molecule has 126 valence electrons. The fraction of sp³-hybridized carbons (Fsp3) is 0.600. The Balaban J connectivity index is 1.91. The van der Waals surface area contributed by atoms with Crippen LogP contribution in [0.4, 0.5) is 0 Å². The molecule has 0 saturated carbocycles. The molecule has 0 aromatic carbocycles. The zero-order valence-corrected chi connectivity index (χ0v) is 14.6. The van der Waals surface area contributed by atoms with E-state index in [0.717, 1.165) is 38.0 Å². The topological polar surface area (TPSA) is 83.9 Å². The summed E-state index contributed by atoms with van der Waals surface area (Å²) < 4.78 is 25.8. The number of nitrogens with one attached hydrogen (secondary N) is 1. The largest absolute Gasteiger partial charge is 0.290 e. The number of likely N-dealkylation sites (tertiary alicyclic amines) is 1. The molecule has 1 N–H and O–H groups in total. The van der Waals surface area contributed by atoms with E-state index < -0.39 is 9.84 Å². The Morgan fingerprint density at radius 3 is 2.78 bits per heavy atom. The summed E-state index contributed by atoms with van der Waals surface area (Å²) >= 11 is 0. The molecule has 2 aromatic rings. The van der Waals surface area contributed by atoms with Crippen molar-refractivity contribution >= 4 is 9.84 Å². The second-order valence-electron chi connectivity index (χ2n) is 6.28. The van der Waals surface area contributed by atoms with Gasteiger partial charge in [0, 0.05) is 31.1 Å². The van der Waals surface area contributed by atoms with E-state index in [1.54, 1.807) is 0 Å². The second-order valence-corrected chi connectivity index (χ2v) is 8.27. The quantitative estimate of drug-likeness (QED) is 0.916. The van der Waals surface area contributed by atoms with E-state index in [4.69, 9.17) is 0 Å². The van der Waals surface area contributed by atoms with E-state index >= 15 is 0 Å². The molecule has 1 fully saturated rings. The minimum Gasteiger partial charge on any atom is -0.290 e. The maximum atomic E-state index is 12.0. The van der Waals surface area contributed by atoms with Crippen LogP contribution in [0.3, 0.4) is 0 Å². The highest BCUT2D eigenvalue weighted by Crippen LogP contribution is 2.34. The van der Waals surface area contributed by atoms with Gasteiger partial charge in [0.1, 0.15) is 4.90 Å². The van der Waals surface area contributed by atoms with E-state index in [2.05, 4.69) is 27.1 Å². The van der Waals surface area contributed by atoms with Crippen LogP contribution >= 0.6 is 0 Å². The van der Waals surface area contributed by atoms with Crippen molar-refractivity contribution in [3.63, 3.8) is 0 Å². The van der Waals surface area contributed by atoms with Crippen LogP contribution in [0.15, 0.2) is 17.3 Å². The Bertz CT molecular complexity index is 793. The molecule has 1 saturated heterocycles. The van der Waals surface area contributed by atoms with Gasteiger partial charge in [0.05, 0.1) is 24.1 Å². The third kappa shape index (κ3) is 3.18. The number of sulfone groups is 1. The summed E-state index contributed by atoms with van der Waals surface area (Å²) in [6.07, 6.45) is 7.70. The lowest BCUT2D eigenvalue weighted by atomic mass is 9.98. The molecule has 3 rings (SSSR count). The molecule has 2 aromatic heterocycles.